The van der Waals surface area contributed by atoms with Crippen LogP contribution in [0.15, 0.2) is 18.2 Å². The molecule has 3 heterocycles. The van der Waals surface area contributed by atoms with Gasteiger partial charge in [0.2, 0.25) is 11.8 Å². The second kappa shape index (κ2) is 10.5. The summed E-state index contributed by atoms with van der Waals surface area (Å²) >= 11 is 8.01. The van der Waals surface area contributed by atoms with Gasteiger partial charge in [-0.1, -0.05) is 36.6 Å². The molecule has 1 aromatic rings. The minimum absolute atomic E-state index is 0.00273. The molecule has 9 heteroatoms. The zero-order valence-electron chi connectivity index (χ0n) is 19.7. The predicted octanol–water partition coefficient (Wildman–Crippen LogP) is 3.79. The van der Waals surface area contributed by atoms with Gasteiger partial charge < -0.3 is 20.1 Å². The summed E-state index contributed by atoms with van der Waals surface area (Å²) in [6.45, 7) is 4.52. The molecule has 3 aliphatic heterocycles. The number of aryl methyl sites for hydroxylation is 1. The quantitative estimate of drug-likeness (QED) is 0.369. The molecule has 2 bridgehead atoms. The van der Waals surface area contributed by atoms with Crippen molar-refractivity contribution >= 4 is 46.8 Å². The lowest BCUT2D eigenvalue weighted by Crippen LogP contribution is -2.51. The number of benzene rings is 1. The first kappa shape index (κ1) is 25.3. The van der Waals surface area contributed by atoms with Gasteiger partial charge in [-0.25, -0.2) is 0 Å². The van der Waals surface area contributed by atoms with Crippen molar-refractivity contribution < 1.29 is 24.2 Å². The Morgan fingerprint density at radius 3 is 2.76 bits per heavy atom. The number of esters is 1. The van der Waals surface area contributed by atoms with E-state index < -0.39 is 22.6 Å². The minimum atomic E-state index is -0.673. The van der Waals surface area contributed by atoms with Crippen LogP contribution in [-0.2, 0) is 19.1 Å². The number of ether oxygens (including phenoxy) is 1. The van der Waals surface area contributed by atoms with Gasteiger partial charge in [0.05, 0.1) is 33.9 Å². The Morgan fingerprint density at radius 2 is 2.06 bits per heavy atom. The number of fused-ring (bicyclic) bond motifs is 1. The zero-order valence-corrected chi connectivity index (χ0v) is 21.3. The van der Waals surface area contributed by atoms with Crippen molar-refractivity contribution in [1.82, 2.24) is 4.90 Å². The van der Waals surface area contributed by atoms with Crippen molar-refractivity contribution in [3.8, 4) is 0 Å². The Balaban J connectivity index is 1.64. The first-order valence-corrected chi connectivity index (χ1v) is 13.4. The third-order valence-electron chi connectivity index (χ3n) is 7.38. The SMILES string of the molecule is CCOC(=O)[C@@H]1[C@H]2C(=O)N(CCCCCCO)C(C(=O)Nc3c(C)cccc3Cl)C23CC[C@H]1S3. The molecule has 7 nitrogen and oxygen atoms in total. The van der Waals surface area contributed by atoms with E-state index in [9.17, 15) is 14.4 Å². The van der Waals surface area contributed by atoms with Gasteiger partial charge in [0.1, 0.15) is 6.04 Å². The molecule has 0 aromatic heterocycles. The molecule has 3 aliphatic rings. The summed E-state index contributed by atoms with van der Waals surface area (Å²) in [5.41, 5.74) is 1.41. The number of aliphatic hydroxyl groups is 1. The number of nitrogens with one attached hydrogen (secondary N) is 1. The van der Waals surface area contributed by atoms with Crippen LogP contribution in [0.5, 0.6) is 0 Å². The summed E-state index contributed by atoms with van der Waals surface area (Å²) in [6.07, 6.45) is 4.69. The molecule has 34 heavy (non-hydrogen) atoms. The largest absolute Gasteiger partial charge is 0.466 e. The molecule has 0 saturated carbocycles. The van der Waals surface area contributed by atoms with Gasteiger partial charge in [0.15, 0.2) is 0 Å². The highest BCUT2D eigenvalue weighted by Crippen LogP contribution is 2.66. The van der Waals surface area contributed by atoms with E-state index in [4.69, 9.17) is 21.4 Å². The fourth-order valence-corrected chi connectivity index (χ4v) is 8.41. The standard InChI is InChI=1S/C25H33ClN2O5S/c1-3-33-24(32)18-17-11-12-25(34-17)19(18)23(31)28(13-6-4-5-7-14-29)21(25)22(30)27-20-15(2)9-8-10-16(20)26/h8-10,17-19,21,29H,3-7,11-14H2,1-2H3,(H,27,30)/t17-,18+,19+,21?,25?/m1/s1. The van der Waals surface area contributed by atoms with Crippen LogP contribution in [0.1, 0.15) is 51.0 Å². The van der Waals surface area contributed by atoms with Crippen molar-refractivity contribution in [1.29, 1.82) is 0 Å². The molecule has 3 fully saturated rings. The predicted molar refractivity (Wildman–Crippen MR) is 133 cm³/mol. The fraction of sp³-hybridized carbons (Fsp3) is 0.640. The van der Waals surface area contributed by atoms with E-state index in [1.54, 1.807) is 29.7 Å². The van der Waals surface area contributed by atoms with Gasteiger partial charge in [0.25, 0.3) is 0 Å². The van der Waals surface area contributed by atoms with Gasteiger partial charge >= 0.3 is 5.97 Å². The Morgan fingerprint density at radius 1 is 1.29 bits per heavy atom. The highest BCUT2D eigenvalue weighted by molar-refractivity contribution is 8.02. The average molecular weight is 509 g/mol. The van der Waals surface area contributed by atoms with Gasteiger partial charge in [-0.2, -0.15) is 0 Å². The number of anilines is 1. The Hall–Kier alpha value is -1.77. The van der Waals surface area contributed by atoms with Crippen LogP contribution in [0.3, 0.4) is 0 Å². The van der Waals surface area contributed by atoms with Crippen LogP contribution >= 0.6 is 23.4 Å². The van der Waals surface area contributed by atoms with E-state index in [1.165, 1.54) is 0 Å². The summed E-state index contributed by atoms with van der Waals surface area (Å²) in [7, 11) is 0. The zero-order chi connectivity index (χ0) is 24.5. The van der Waals surface area contributed by atoms with E-state index in [-0.39, 0.29) is 36.2 Å². The second-order valence-corrected chi connectivity index (χ2v) is 11.4. The molecule has 4 rings (SSSR count). The molecule has 0 aliphatic carbocycles. The van der Waals surface area contributed by atoms with Crippen molar-refractivity contribution in [3.05, 3.63) is 28.8 Å². The number of hydrogen-bond acceptors (Lipinski definition) is 6. The number of likely N-dealkylation sites (tertiary alicyclic amines) is 1. The van der Waals surface area contributed by atoms with Crippen LogP contribution in [0.4, 0.5) is 5.69 Å². The van der Waals surface area contributed by atoms with Crippen molar-refractivity contribution in [2.45, 2.75) is 68.4 Å². The molecule has 1 aromatic carbocycles. The maximum Gasteiger partial charge on any atom is 0.310 e. The van der Waals surface area contributed by atoms with Gasteiger partial charge in [-0.05, 0) is 51.2 Å². The number of para-hydroxylation sites is 1. The first-order chi connectivity index (χ1) is 16.4. The highest BCUT2D eigenvalue weighted by atomic mass is 35.5. The molecule has 186 valence electrons. The molecule has 1 spiro atoms. The molecule has 2 unspecified atom stereocenters. The van der Waals surface area contributed by atoms with Crippen LogP contribution in [-0.4, -0.2) is 63.6 Å². The number of carbonyl (C=O) groups excluding carboxylic acids is 3. The molecule has 2 amide bonds. The Kier molecular flexibility index (Phi) is 7.79. The summed E-state index contributed by atoms with van der Waals surface area (Å²) in [5, 5.41) is 12.5. The summed E-state index contributed by atoms with van der Waals surface area (Å²) in [5.74, 6) is -1.75. The van der Waals surface area contributed by atoms with E-state index in [1.807, 2.05) is 19.1 Å². The number of thioether (sulfide) groups is 1. The smallest absolute Gasteiger partial charge is 0.310 e. The topological polar surface area (TPSA) is 95.9 Å². The number of carbonyl (C=O) groups is 3. The minimum Gasteiger partial charge on any atom is -0.466 e. The van der Waals surface area contributed by atoms with E-state index in [0.29, 0.717) is 17.3 Å². The first-order valence-electron chi connectivity index (χ1n) is 12.2. The summed E-state index contributed by atoms with van der Waals surface area (Å²) in [6, 6.07) is 4.77. The third kappa shape index (κ3) is 4.33. The third-order valence-corrected chi connectivity index (χ3v) is 9.65. The number of aliphatic hydroxyl groups excluding tert-OH is 1. The molecule has 0 radical (unpaired) electrons. The normalized spacial score (nSPS) is 29.4. The maximum atomic E-state index is 13.8. The van der Waals surface area contributed by atoms with E-state index >= 15 is 0 Å². The average Bonchev–Trinajstić information content (AvgIpc) is 3.44. The Labute approximate surface area is 209 Å². The lowest BCUT2D eigenvalue weighted by atomic mass is 9.71. The van der Waals surface area contributed by atoms with Crippen LogP contribution in [0.25, 0.3) is 0 Å². The molecule has 3 saturated heterocycles. The maximum absolute atomic E-state index is 13.8. The van der Waals surface area contributed by atoms with Crippen molar-refractivity contribution in [2.24, 2.45) is 11.8 Å². The van der Waals surface area contributed by atoms with Gasteiger partial charge in [-0.15, -0.1) is 11.8 Å². The van der Waals surface area contributed by atoms with Crippen LogP contribution < -0.4 is 5.32 Å². The summed E-state index contributed by atoms with van der Waals surface area (Å²) < 4.78 is 4.72. The second-order valence-electron chi connectivity index (χ2n) is 9.40. The summed E-state index contributed by atoms with van der Waals surface area (Å²) in [4.78, 5) is 42.2. The number of nitrogens with zero attached hydrogens (tertiary/aromatic N) is 1. The van der Waals surface area contributed by atoms with Gasteiger partial charge in [0, 0.05) is 18.4 Å². The monoisotopic (exact) mass is 508 g/mol. The fourth-order valence-electron chi connectivity index (χ4n) is 5.93. The number of halogens is 1. The highest BCUT2D eigenvalue weighted by Gasteiger charge is 2.73. The lowest BCUT2D eigenvalue weighted by Gasteiger charge is -2.34. The lowest BCUT2D eigenvalue weighted by molar-refractivity contribution is -0.153. The van der Waals surface area contributed by atoms with Crippen molar-refractivity contribution in [3.63, 3.8) is 0 Å². The van der Waals surface area contributed by atoms with E-state index in [0.717, 1.165) is 44.1 Å². The van der Waals surface area contributed by atoms with Crippen LogP contribution in [0, 0.1) is 18.8 Å². The number of rotatable bonds is 10. The molecular weight excluding hydrogens is 476 g/mol. The number of hydrogen-bond donors (Lipinski definition) is 2. The van der Waals surface area contributed by atoms with Crippen molar-refractivity contribution in [2.75, 3.05) is 25.1 Å². The number of unbranched alkanes of at least 4 members (excludes halogenated alkanes) is 3. The van der Waals surface area contributed by atoms with Crippen LogP contribution in [0.2, 0.25) is 5.02 Å². The Bertz CT molecular complexity index is 939. The van der Waals surface area contributed by atoms with E-state index in [2.05, 4.69) is 5.32 Å². The molecule has 2 N–H and O–H groups in total. The van der Waals surface area contributed by atoms with Gasteiger partial charge in [-0.3, -0.25) is 14.4 Å². The molecular formula is C25H33ClN2O5S. The molecule has 5 atom stereocenters. The number of amides is 2.